The fraction of sp³-hybridized carbons (Fsp3) is 0.438. The highest BCUT2D eigenvalue weighted by Crippen LogP contribution is 2.27. The van der Waals surface area contributed by atoms with Crippen LogP contribution in [-0.4, -0.2) is 28.9 Å². The fourth-order valence-electron chi connectivity index (χ4n) is 2.72. The lowest BCUT2D eigenvalue weighted by Gasteiger charge is -2.31. The van der Waals surface area contributed by atoms with Crippen molar-refractivity contribution in [1.29, 1.82) is 5.26 Å². The van der Waals surface area contributed by atoms with Gasteiger partial charge in [-0.25, -0.2) is 4.79 Å². The number of ether oxygens (including phenoxy) is 1. The molecule has 9 heteroatoms. The summed E-state index contributed by atoms with van der Waals surface area (Å²) in [6, 6.07) is 5.48. The quantitative estimate of drug-likeness (QED) is 0.486. The van der Waals surface area contributed by atoms with E-state index in [0.29, 0.717) is 12.8 Å². The second-order valence-corrected chi connectivity index (χ2v) is 6.21. The van der Waals surface area contributed by atoms with Gasteiger partial charge in [0, 0.05) is 12.1 Å². The van der Waals surface area contributed by atoms with Gasteiger partial charge in [-0.3, -0.25) is 14.9 Å². The Balaban J connectivity index is 1.98. The zero-order chi connectivity index (χ0) is 18.4. The number of rotatable bonds is 5. The van der Waals surface area contributed by atoms with Crippen molar-refractivity contribution < 1.29 is 19.2 Å². The third-order valence-corrected chi connectivity index (χ3v) is 4.34. The van der Waals surface area contributed by atoms with Crippen molar-refractivity contribution in [2.24, 2.45) is 0 Å². The van der Waals surface area contributed by atoms with Crippen molar-refractivity contribution in [2.75, 3.05) is 6.61 Å². The molecule has 1 N–H and O–H groups in total. The molecule has 1 fully saturated rings. The highest BCUT2D eigenvalue weighted by atomic mass is 35.5. The Morgan fingerprint density at radius 3 is 2.64 bits per heavy atom. The number of hydrogen-bond acceptors (Lipinski definition) is 6. The molecule has 0 spiro atoms. The number of non-ortho nitro benzene ring substituents is 1. The maximum Gasteiger partial charge on any atom is 0.340 e. The molecule has 2 rings (SSSR count). The molecule has 0 unspecified atom stereocenters. The molecule has 0 radical (unpaired) electrons. The largest absolute Gasteiger partial charge is 0.452 e. The number of nitriles is 1. The molecule has 8 nitrogen and oxygen atoms in total. The number of nitrogens with one attached hydrogen (secondary N) is 1. The Bertz CT molecular complexity index is 738. The first-order valence-electron chi connectivity index (χ1n) is 7.70. The second-order valence-electron chi connectivity index (χ2n) is 5.80. The third-order valence-electron chi connectivity index (χ3n) is 4.01. The summed E-state index contributed by atoms with van der Waals surface area (Å²) in [6.45, 7) is -0.596. The van der Waals surface area contributed by atoms with Gasteiger partial charge in [0.15, 0.2) is 6.61 Å². The maximum atomic E-state index is 12.0. The molecule has 0 heterocycles. The van der Waals surface area contributed by atoms with Gasteiger partial charge < -0.3 is 10.1 Å². The lowest BCUT2D eigenvalue weighted by Crippen LogP contribution is -2.50. The van der Waals surface area contributed by atoms with Crippen LogP contribution in [0.25, 0.3) is 0 Å². The van der Waals surface area contributed by atoms with Crippen LogP contribution in [0.1, 0.15) is 42.5 Å². The van der Waals surface area contributed by atoms with E-state index < -0.39 is 28.9 Å². The standard InChI is InChI=1S/C16H16ClN3O5/c17-13-5-4-11(20(23)24)8-12(13)15(22)25-9-14(21)19-16(10-18)6-2-1-3-7-16/h4-5,8H,1-3,6-7,9H2,(H,19,21). The van der Waals surface area contributed by atoms with E-state index in [2.05, 4.69) is 11.4 Å². The van der Waals surface area contributed by atoms with Crippen molar-refractivity contribution in [1.82, 2.24) is 5.32 Å². The van der Waals surface area contributed by atoms with Crippen LogP contribution in [-0.2, 0) is 9.53 Å². The van der Waals surface area contributed by atoms with Crippen LogP contribution in [0.15, 0.2) is 18.2 Å². The first kappa shape index (κ1) is 18.7. The summed E-state index contributed by atoms with van der Waals surface area (Å²) in [7, 11) is 0. The molecule has 0 aliphatic heterocycles. The number of benzene rings is 1. The number of carbonyl (C=O) groups is 2. The molecule has 0 atom stereocenters. The zero-order valence-corrected chi connectivity index (χ0v) is 14.0. The molecular formula is C16H16ClN3O5. The van der Waals surface area contributed by atoms with Crippen LogP contribution in [0.5, 0.6) is 0 Å². The molecule has 1 saturated carbocycles. The number of nitro benzene ring substituents is 1. The predicted octanol–water partition coefficient (Wildman–Crippen LogP) is 2.75. The molecule has 1 aliphatic carbocycles. The Morgan fingerprint density at radius 2 is 2.04 bits per heavy atom. The summed E-state index contributed by atoms with van der Waals surface area (Å²) >= 11 is 5.84. The fourth-order valence-corrected chi connectivity index (χ4v) is 2.91. The monoisotopic (exact) mass is 365 g/mol. The molecule has 132 valence electrons. The first-order chi connectivity index (χ1) is 11.9. The smallest absolute Gasteiger partial charge is 0.340 e. The molecule has 1 aliphatic rings. The minimum absolute atomic E-state index is 0.0169. The van der Waals surface area contributed by atoms with Crippen LogP contribution < -0.4 is 5.32 Å². The van der Waals surface area contributed by atoms with E-state index in [9.17, 15) is 25.0 Å². The molecule has 0 aromatic heterocycles. The minimum Gasteiger partial charge on any atom is -0.452 e. The average Bonchev–Trinajstić information content (AvgIpc) is 2.60. The van der Waals surface area contributed by atoms with Gasteiger partial charge >= 0.3 is 5.97 Å². The Morgan fingerprint density at radius 1 is 1.36 bits per heavy atom. The molecule has 1 aromatic rings. The van der Waals surface area contributed by atoms with Gasteiger partial charge in [-0.2, -0.15) is 5.26 Å². The van der Waals surface area contributed by atoms with E-state index in [4.69, 9.17) is 16.3 Å². The maximum absolute atomic E-state index is 12.0. The number of nitrogens with zero attached hydrogens (tertiary/aromatic N) is 2. The van der Waals surface area contributed by atoms with Crippen LogP contribution in [0.4, 0.5) is 5.69 Å². The van der Waals surface area contributed by atoms with Gasteiger partial charge in [-0.1, -0.05) is 30.9 Å². The predicted molar refractivity (Wildman–Crippen MR) is 88.0 cm³/mol. The van der Waals surface area contributed by atoms with Gasteiger partial charge in [0.2, 0.25) is 0 Å². The van der Waals surface area contributed by atoms with Crippen molar-refractivity contribution in [3.05, 3.63) is 38.9 Å². The minimum atomic E-state index is -0.946. The molecule has 25 heavy (non-hydrogen) atoms. The zero-order valence-electron chi connectivity index (χ0n) is 13.3. The van der Waals surface area contributed by atoms with E-state index >= 15 is 0 Å². The molecule has 0 bridgehead atoms. The molecule has 1 aromatic carbocycles. The van der Waals surface area contributed by atoms with Crippen LogP contribution in [0.3, 0.4) is 0 Å². The topological polar surface area (TPSA) is 122 Å². The van der Waals surface area contributed by atoms with E-state index in [-0.39, 0.29) is 16.3 Å². The summed E-state index contributed by atoms with van der Waals surface area (Å²) in [4.78, 5) is 34.1. The third kappa shape index (κ3) is 4.67. The van der Waals surface area contributed by atoms with Crippen molar-refractivity contribution in [3.63, 3.8) is 0 Å². The Labute approximate surface area is 148 Å². The molecule has 1 amide bonds. The van der Waals surface area contributed by atoms with Crippen molar-refractivity contribution in [2.45, 2.75) is 37.6 Å². The Kier molecular flexibility index (Phi) is 5.93. The normalized spacial score (nSPS) is 15.7. The lowest BCUT2D eigenvalue weighted by molar-refractivity contribution is -0.384. The number of hydrogen-bond donors (Lipinski definition) is 1. The van der Waals surface area contributed by atoms with Crippen LogP contribution in [0, 0.1) is 21.4 Å². The number of halogens is 1. The van der Waals surface area contributed by atoms with Gasteiger partial charge in [0.1, 0.15) is 5.54 Å². The SMILES string of the molecule is N#CC1(NC(=O)COC(=O)c2cc([N+](=O)[O-])ccc2Cl)CCCCC1. The average molecular weight is 366 g/mol. The van der Waals surface area contributed by atoms with E-state index in [1.807, 2.05) is 0 Å². The molecular weight excluding hydrogens is 350 g/mol. The van der Waals surface area contributed by atoms with Crippen LogP contribution >= 0.6 is 11.6 Å². The first-order valence-corrected chi connectivity index (χ1v) is 8.08. The van der Waals surface area contributed by atoms with E-state index in [1.54, 1.807) is 0 Å². The van der Waals surface area contributed by atoms with E-state index in [1.165, 1.54) is 6.07 Å². The summed E-state index contributed by atoms with van der Waals surface area (Å²) < 4.78 is 4.87. The van der Waals surface area contributed by atoms with Gasteiger partial charge in [-0.05, 0) is 18.9 Å². The van der Waals surface area contributed by atoms with Crippen molar-refractivity contribution >= 4 is 29.2 Å². The summed E-state index contributed by atoms with van der Waals surface area (Å²) in [5, 5.41) is 22.7. The van der Waals surface area contributed by atoms with Crippen LogP contribution in [0.2, 0.25) is 5.02 Å². The van der Waals surface area contributed by atoms with Gasteiger partial charge in [0.05, 0.1) is 21.6 Å². The highest BCUT2D eigenvalue weighted by Gasteiger charge is 2.33. The number of nitro groups is 1. The highest BCUT2D eigenvalue weighted by molar-refractivity contribution is 6.33. The summed E-state index contributed by atoms with van der Waals surface area (Å²) in [5.41, 5.74) is -1.44. The van der Waals surface area contributed by atoms with Gasteiger partial charge in [-0.15, -0.1) is 0 Å². The molecule has 0 saturated heterocycles. The number of esters is 1. The van der Waals surface area contributed by atoms with Gasteiger partial charge in [0.25, 0.3) is 11.6 Å². The number of carbonyl (C=O) groups excluding carboxylic acids is 2. The Hall–Kier alpha value is -2.66. The second kappa shape index (κ2) is 7.94. The lowest BCUT2D eigenvalue weighted by atomic mass is 9.83. The van der Waals surface area contributed by atoms with Crippen molar-refractivity contribution in [3.8, 4) is 6.07 Å². The summed E-state index contributed by atoms with van der Waals surface area (Å²) in [6.07, 6.45) is 3.81. The van der Waals surface area contributed by atoms with E-state index in [0.717, 1.165) is 31.4 Å². The number of amides is 1. The summed E-state index contributed by atoms with van der Waals surface area (Å²) in [5.74, 6) is -1.54.